The molecule has 0 bridgehead atoms. The number of benzene rings is 1. The standard InChI is InChI=1S/C27H30N4O4/c32-25-8-7-23(26(33)29-25)31-16-18-13-20(5-6-21(18)27(31)34)35-24-4-2-1-3-22(24)30-14-19(15-30)17-9-11-28-12-10-17/h5-6,9-13,19,22-24H,1-4,7-8,14-16H2,(H,29,32,33)/t22-,23+,24+/m1/s1. The van der Waals surface area contributed by atoms with Crippen LogP contribution in [0.15, 0.2) is 42.7 Å². The van der Waals surface area contributed by atoms with E-state index in [0.717, 1.165) is 43.7 Å². The Bertz CT molecular complexity index is 1150. The van der Waals surface area contributed by atoms with Gasteiger partial charge in [0, 0.05) is 56.0 Å². The van der Waals surface area contributed by atoms with Gasteiger partial charge in [0.1, 0.15) is 17.9 Å². The molecule has 3 amide bonds. The third-order valence-electron chi connectivity index (χ3n) is 8.01. The van der Waals surface area contributed by atoms with E-state index in [1.165, 1.54) is 12.0 Å². The summed E-state index contributed by atoms with van der Waals surface area (Å²) < 4.78 is 6.54. The zero-order valence-electron chi connectivity index (χ0n) is 19.7. The lowest BCUT2D eigenvalue weighted by Crippen LogP contribution is -2.57. The van der Waals surface area contributed by atoms with Gasteiger partial charge >= 0.3 is 0 Å². The van der Waals surface area contributed by atoms with E-state index >= 15 is 0 Å². The van der Waals surface area contributed by atoms with Crippen LogP contribution in [0.5, 0.6) is 5.75 Å². The van der Waals surface area contributed by atoms with Crippen molar-refractivity contribution in [1.29, 1.82) is 0 Å². The minimum atomic E-state index is -0.598. The predicted molar refractivity (Wildman–Crippen MR) is 128 cm³/mol. The van der Waals surface area contributed by atoms with E-state index in [1.54, 1.807) is 4.90 Å². The van der Waals surface area contributed by atoms with Crippen molar-refractivity contribution in [2.45, 2.75) is 69.2 Å². The molecule has 0 unspecified atom stereocenters. The SMILES string of the molecule is O=C1CC[C@H](N2Cc3cc(O[C@H]4CCCC[C@H]4N4CC(c5ccncc5)C4)ccc3C2=O)C(=O)N1. The van der Waals surface area contributed by atoms with E-state index in [1.807, 2.05) is 30.6 Å². The quantitative estimate of drug-likeness (QED) is 0.670. The van der Waals surface area contributed by atoms with Crippen LogP contribution in [0, 0.1) is 0 Å². The zero-order chi connectivity index (χ0) is 23.9. The molecule has 182 valence electrons. The second-order valence-corrected chi connectivity index (χ2v) is 10.2. The van der Waals surface area contributed by atoms with E-state index in [0.29, 0.717) is 30.5 Å². The number of imide groups is 1. The second-order valence-electron chi connectivity index (χ2n) is 10.2. The molecule has 3 aliphatic heterocycles. The monoisotopic (exact) mass is 474 g/mol. The average molecular weight is 475 g/mol. The number of amides is 3. The molecule has 0 spiro atoms. The summed E-state index contributed by atoms with van der Waals surface area (Å²) >= 11 is 0. The Labute approximate surface area is 204 Å². The number of nitrogens with zero attached hydrogens (tertiary/aromatic N) is 3. The molecule has 3 atom stereocenters. The van der Waals surface area contributed by atoms with Crippen LogP contribution >= 0.6 is 0 Å². The summed E-state index contributed by atoms with van der Waals surface area (Å²) in [5, 5.41) is 2.35. The molecular formula is C27H30N4O4. The van der Waals surface area contributed by atoms with Crippen molar-refractivity contribution in [3.05, 3.63) is 59.4 Å². The fourth-order valence-corrected chi connectivity index (χ4v) is 6.06. The lowest BCUT2D eigenvalue weighted by molar-refractivity contribution is -0.136. The van der Waals surface area contributed by atoms with Crippen LogP contribution in [0.3, 0.4) is 0 Å². The summed E-state index contributed by atoms with van der Waals surface area (Å²) in [6, 6.07) is 9.69. The lowest BCUT2D eigenvalue weighted by atomic mass is 9.84. The van der Waals surface area contributed by atoms with Crippen molar-refractivity contribution >= 4 is 17.7 Å². The Morgan fingerprint density at radius 1 is 0.971 bits per heavy atom. The predicted octanol–water partition coefficient (Wildman–Crippen LogP) is 2.63. The lowest BCUT2D eigenvalue weighted by Gasteiger charge is -2.48. The fraction of sp³-hybridized carbons (Fsp3) is 0.481. The first-order valence-electron chi connectivity index (χ1n) is 12.6. The van der Waals surface area contributed by atoms with E-state index in [2.05, 4.69) is 27.3 Å². The van der Waals surface area contributed by atoms with Gasteiger partial charge in [-0.05, 0) is 67.1 Å². The molecule has 8 heteroatoms. The minimum Gasteiger partial charge on any atom is -0.489 e. The summed E-state index contributed by atoms with van der Waals surface area (Å²) in [5.74, 6) is 0.528. The molecule has 3 fully saturated rings. The molecule has 1 N–H and O–H groups in total. The smallest absolute Gasteiger partial charge is 0.255 e. The molecule has 0 radical (unpaired) electrons. The average Bonchev–Trinajstić information content (AvgIpc) is 3.15. The Morgan fingerprint density at radius 3 is 2.57 bits per heavy atom. The Hall–Kier alpha value is -3.26. The molecular weight excluding hydrogens is 444 g/mol. The van der Waals surface area contributed by atoms with Gasteiger partial charge in [-0.1, -0.05) is 6.42 Å². The van der Waals surface area contributed by atoms with Crippen molar-refractivity contribution in [3.8, 4) is 5.75 Å². The van der Waals surface area contributed by atoms with Crippen LogP contribution in [0.1, 0.15) is 65.9 Å². The maximum atomic E-state index is 13.0. The normalized spacial score (nSPS) is 27.4. The maximum Gasteiger partial charge on any atom is 0.255 e. The number of hydrogen-bond donors (Lipinski definition) is 1. The van der Waals surface area contributed by atoms with Crippen LogP contribution < -0.4 is 10.1 Å². The zero-order valence-corrected chi connectivity index (χ0v) is 19.7. The Kier molecular flexibility index (Phi) is 5.76. The number of nitrogens with one attached hydrogen (secondary N) is 1. The number of ether oxygens (including phenoxy) is 1. The third kappa shape index (κ3) is 4.20. The van der Waals surface area contributed by atoms with Gasteiger partial charge in [-0.2, -0.15) is 0 Å². The van der Waals surface area contributed by atoms with Crippen molar-refractivity contribution in [2.75, 3.05) is 13.1 Å². The van der Waals surface area contributed by atoms with Gasteiger partial charge in [-0.3, -0.25) is 29.6 Å². The van der Waals surface area contributed by atoms with Gasteiger partial charge in [-0.15, -0.1) is 0 Å². The molecule has 8 nitrogen and oxygen atoms in total. The topological polar surface area (TPSA) is 91.8 Å². The first-order chi connectivity index (χ1) is 17.1. The third-order valence-corrected chi connectivity index (χ3v) is 8.01. The summed E-state index contributed by atoms with van der Waals surface area (Å²) in [6.45, 7) is 2.47. The Balaban J connectivity index is 1.12. The first kappa shape index (κ1) is 22.2. The van der Waals surface area contributed by atoms with Gasteiger partial charge in [0.2, 0.25) is 11.8 Å². The van der Waals surface area contributed by atoms with Crippen molar-refractivity contribution < 1.29 is 19.1 Å². The summed E-state index contributed by atoms with van der Waals surface area (Å²) in [4.78, 5) is 45.0. The van der Waals surface area contributed by atoms with E-state index in [-0.39, 0.29) is 30.2 Å². The largest absolute Gasteiger partial charge is 0.489 e. The van der Waals surface area contributed by atoms with Gasteiger partial charge in [0.25, 0.3) is 5.91 Å². The summed E-state index contributed by atoms with van der Waals surface area (Å²) in [5.41, 5.74) is 2.85. The molecule has 2 saturated heterocycles. The highest BCUT2D eigenvalue weighted by molar-refractivity contribution is 6.05. The summed E-state index contributed by atoms with van der Waals surface area (Å²) in [7, 11) is 0. The highest BCUT2D eigenvalue weighted by Crippen LogP contribution is 2.36. The van der Waals surface area contributed by atoms with Crippen molar-refractivity contribution in [2.24, 2.45) is 0 Å². The molecule has 6 rings (SSSR count). The van der Waals surface area contributed by atoms with E-state index < -0.39 is 6.04 Å². The van der Waals surface area contributed by atoms with Crippen LogP contribution in [-0.4, -0.2) is 63.8 Å². The van der Waals surface area contributed by atoms with Gasteiger partial charge in [-0.25, -0.2) is 0 Å². The molecule has 1 aliphatic carbocycles. The van der Waals surface area contributed by atoms with Crippen molar-refractivity contribution in [1.82, 2.24) is 20.1 Å². The van der Waals surface area contributed by atoms with Gasteiger partial charge in [0.05, 0.1) is 0 Å². The summed E-state index contributed by atoms with van der Waals surface area (Å²) in [6.07, 6.45) is 9.04. The second kappa shape index (κ2) is 9.07. The van der Waals surface area contributed by atoms with Crippen LogP contribution in [-0.2, 0) is 16.1 Å². The van der Waals surface area contributed by atoms with Crippen LogP contribution in [0.4, 0.5) is 0 Å². The number of fused-ring (bicyclic) bond motifs is 1. The molecule has 4 aliphatic rings. The van der Waals surface area contributed by atoms with Crippen LogP contribution in [0.25, 0.3) is 0 Å². The minimum absolute atomic E-state index is 0.128. The number of carbonyl (C=O) groups is 3. The van der Waals surface area contributed by atoms with Gasteiger partial charge < -0.3 is 9.64 Å². The van der Waals surface area contributed by atoms with Crippen LogP contribution in [0.2, 0.25) is 0 Å². The molecule has 1 saturated carbocycles. The number of piperidine rings is 1. The Morgan fingerprint density at radius 2 is 1.77 bits per heavy atom. The highest BCUT2D eigenvalue weighted by Gasteiger charge is 2.41. The van der Waals surface area contributed by atoms with E-state index in [9.17, 15) is 14.4 Å². The first-order valence-corrected chi connectivity index (χ1v) is 12.6. The molecule has 2 aromatic rings. The molecule has 1 aromatic carbocycles. The number of pyridine rings is 1. The molecule has 4 heterocycles. The highest BCUT2D eigenvalue weighted by atomic mass is 16.5. The van der Waals surface area contributed by atoms with E-state index in [4.69, 9.17) is 4.74 Å². The molecule has 35 heavy (non-hydrogen) atoms. The molecule has 1 aromatic heterocycles. The number of aromatic nitrogens is 1. The maximum absolute atomic E-state index is 13.0. The fourth-order valence-electron chi connectivity index (χ4n) is 6.06. The van der Waals surface area contributed by atoms with Gasteiger partial charge in [0.15, 0.2) is 0 Å². The number of hydrogen-bond acceptors (Lipinski definition) is 6. The number of carbonyl (C=O) groups excluding carboxylic acids is 3. The van der Waals surface area contributed by atoms with Crippen molar-refractivity contribution in [3.63, 3.8) is 0 Å². The number of likely N-dealkylation sites (tertiary alicyclic amines) is 1. The number of rotatable bonds is 5.